The fourth-order valence-electron chi connectivity index (χ4n) is 4.60. The van der Waals surface area contributed by atoms with Gasteiger partial charge in [-0.05, 0) is 62.4 Å². The molecular weight excluding hydrogens is 437 g/mol. The van der Waals surface area contributed by atoms with E-state index in [9.17, 15) is 17.6 Å². The first-order valence-electron chi connectivity index (χ1n) is 10.7. The number of sulfonamides is 1. The molecule has 4 rings (SSSR count). The Hall–Kier alpha value is -1.97. The van der Waals surface area contributed by atoms with Gasteiger partial charge in [-0.2, -0.15) is 4.31 Å². The van der Waals surface area contributed by atoms with Crippen LogP contribution in [0.4, 0.5) is 10.1 Å². The van der Waals surface area contributed by atoms with Crippen molar-refractivity contribution in [1.82, 2.24) is 9.21 Å². The first-order valence-corrected chi connectivity index (χ1v) is 13.0. The van der Waals surface area contributed by atoms with Crippen LogP contribution in [0.3, 0.4) is 0 Å². The Balaban J connectivity index is 1.50. The van der Waals surface area contributed by atoms with E-state index in [-0.39, 0.29) is 28.7 Å². The van der Waals surface area contributed by atoms with Crippen LogP contribution in [0.15, 0.2) is 40.6 Å². The van der Waals surface area contributed by atoms with Crippen LogP contribution in [0.2, 0.25) is 0 Å². The monoisotopic (exact) mass is 465 g/mol. The summed E-state index contributed by atoms with van der Waals surface area (Å²) in [6, 6.07) is 7.74. The smallest absolute Gasteiger partial charge is 0.265 e. The van der Waals surface area contributed by atoms with Crippen LogP contribution in [0.5, 0.6) is 0 Å². The normalized spacial score (nSPS) is 23.2. The number of amides is 1. The molecule has 168 valence electrons. The molecule has 0 unspecified atom stereocenters. The average molecular weight is 466 g/mol. The molecule has 2 aliphatic rings. The van der Waals surface area contributed by atoms with E-state index in [1.54, 1.807) is 32.8 Å². The Labute approximate surface area is 187 Å². The third-order valence-corrected chi connectivity index (χ3v) is 9.45. The van der Waals surface area contributed by atoms with Gasteiger partial charge in [-0.1, -0.05) is 6.42 Å². The van der Waals surface area contributed by atoms with Crippen molar-refractivity contribution in [2.75, 3.05) is 31.1 Å². The zero-order chi connectivity index (χ0) is 22.2. The lowest BCUT2D eigenvalue weighted by molar-refractivity contribution is 0.0747. The van der Waals surface area contributed by atoms with Gasteiger partial charge in [-0.25, -0.2) is 12.8 Å². The number of carbonyl (C=O) groups excluding carboxylic acids is 1. The highest BCUT2D eigenvalue weighted by Crippen LogP contribution is 2.33. The van der Waals surface area contributed by atoms with Gasteiger partial charge in [-0.3, -0.25) is 4.79 Å². The zero-order valence-corrected chi connectivity index (χ0v) is 19.5. The number of halogens is 1. The summed E-state index contributed by atoms with van der Waals surface area (Å²) in [6.07, 6.45) is 2.69. The van der Waals surface area contributed by atoms with Gasteiger partial charge in [0.15, 0.2) is 0 Å². The molecule has 3 heterocycles. The van der Waals surface area contributed by atoms with Crippen molar-refractivity contribution < 1.29 is 17.6 Å². The number of piperazine rings is 1. The SMILES string of the molecule is C[C@@H]1CCC[C@@H](C)N1S(=O)(=O)c1ccsc1C(=O)N1CCN(c2ccc(F)cc2)CC1. The van der Waals surface area contributed by atoms with Crippen LogP contribution in [-0.2, 0) is 10.0 Å². The second kappa shape index (κ2) is 8.88. The van der Waals surface area contributed by atoms with Gasteiger partial charge in [0.05, 0.1) is 0 Å². The molecule has 0 aliphatic carbocycles. The number of thiophene rings is 1. The van der Waals surface area contributed by atoms with Gasteiger partial charge in [-0.15, -0.1) is 11.3 Å². The highest BCUT2D eigenvalue weighted by molar-refractivity contribution is 7.89. The second-order valence-electron chi connectivity index (χ2n) is 8.33. The molecule has 6 nitrogen and oxygen atoms in total. The van der Waals surface area contributed by atoms with E-state index in [1.807, 2.05) is 13.8 Å². The third-order valence-electron chi connectivity index (χ3n) is 6.25. The predicted molar refractivity (Wildman–Crippen MR) is 121 cm³/mol. The number of rotatable bonds is 4. The van der Waals surface area contributed by atoms with Crippen molar-refractivity contribution in [1.29, 1.82) is 0 Å². The molecule has 2 aromatic rings. The van der Waals surface area contributed by atoms with E-state index in [0.29, 0.717) is 31.1 Å². The maximum atomic E-state index is 13.5. The Morgan fingerprint density at radius 2 is 1.61 bits per heavy atom. The molecule has 0 bridgehead atoms. The Bertz CT molecular complexity index is 1020. The Kier molecular flexibility index (Phi) is 6.37. The molecule has 1 aromatic heterocycles. The van der Waals surface area contributed by atoms with Gasteiger partial charge in [0.2, 0.25) is 10.0 Å². The molecule has 0 radical (unpaired) electrons. The van der Waals surface area contributed by atoms with E-state index in [0.717, 1.165) is 24.9 Å². The minimum absolute atomic E-state index is 0.0733. The summed E-state index contributed by atoms with van der Waals surface area (Å²) < 4.78 is 41.7. The van der Waals surface area contributed by atoms with Crippen LogP contribution in [0.1, 0.15) is 42.8 Å². The van der Waals surface area contributed by atoms with Crippen molar-refractivity contribution >= 4 is 33.0 Å². The fourth-order valence-corrected chi connectivity index (χ4v) is 7.85. The van der Waals surface area contributed by atoms with Gasteiger partial charge in [0.1, 0.15) is 15.6 Å². The zero-order valence-electron chi connectivity index (χ0n) is 17.8. The second-order valence-corrected chi connectivity index (χ2v) is 11.1. The number of hydrogen-bond donors (Lipinski definition) is 0. The molecule has 31 heavy (non-hydrogen) atoms. The van der Waals surface area contributed by atoms with Gasteiger partial charge in [0, 0.05) is 44.0 Å². The third kappa shape index (κ3) is 4.36. The van der Waals surface area contributed by atoms with E-state index in [2.05, 4.69) is 4.90 Å². The van der Waals surface area contributed by atoms with Gasteiger partial charge >= 0.3 is 0 Å². The molecule has 0 spiro atoms. The summed E-state index contributed by atoms with van der Waals surface area (Å²) in [6.45, 7) is 6.09. The quantitative estimate of drug-likeness (QED) is 0.689. The summed E-state index contributed by atoms with van der Waals surface area (Å²) in [7, 11) is -3.74. The highest BCUT2D eigenvalue weighted by Gasteiger charge is 2.39. The van der Waals surface area contributed by atoms with Crippen molar-refractivity contribution in [3.05, 3.63) is 46.4 Å². The maximum absolute atomic E-state index is 13.5. The molecule has 1 amide bonds. The highest BCUT2D eigenvalue weighted by atomic mass is 32.2. The molecule has 2 atom stereocenters. The lowest BCUT2D eigenvalue weighted by Crippen LogP contribution is -2.49. The number of piperidine rings is 1. The van der Waals surface area contributed by atoms with Crippen LogP contribution in [0.25, 0.3) is 0 Å². The molecule has 2 saturated heterocycles. The van der Waals surface area contributed by atoms with E-state index in [4.69, 9.17) is 0 Å². The molecule has 1 aromatic carbocycles. The minimum Gasteiger partial charge on any atom is -0.368 e. The summed E-state index contributed by atoms with van der Waals surface area (Å²) in [5, 5.41) is 1.69. The summed E-state index contributed by atoms with van der Waals surface area (Å²) in [5.74, 6) is -0.508. The largest absolute Gasteiger partial charge is 0.368 e. The van der Waals surface area contributed by atoms with Crippen LogP contribution in [0, 0.1) is 5.82 Å². The van der Waals surface area contributed by atoms with Crippen molar-refractivity contribution in [2.45, 2.75) is 50.1 Å². The lowest BCUT2D eigenvalue weighted by Gasteiger charge is -2.38. The number of benzene rings is 1. The molecular formula is C22H28FN3O3S2. The van der Waals surface area contributed by atoms with Crippen molar-refractivity contribution in [3.8, 4) is 0 Å². The van der Waals surface area contributed by atoms with Crippen LogP contribution in [-0.4, -0.2) is 61.8 Å². The summed E-state index contributed by atoms with van der Waals surface area (Å²) in [4.78, 5) is 17.5. The number of carbonyl (C=O) groups is 1. The van der Waals surface area contributed by atoms with E-state index < -0.39 is 10.0 Å². The molecule has 2 aliphatic heterocycles. The average Bonchev–Trinajstić information content (AvgIpc) is 3.25. The van der Waals surface area contributed by atoms with Crippen LogP contribution >= 0.6 is 11.3 Å². The molecule has 0 N–H and O–H groups in total. The van der Waals surface area contributed by atoms with Crippen molar-refractivity contribution in [2.24, 2.45) is 0 Å². The van der Waals surface area contributed by atoms with Gasteiger partial charge < -0.3 is 9.80 Å². The first-order chi connectivity index (χ1) is 14.8. The predicted octanol–water partition coefficient (Wildman–Crippen LogP) is 3.80. The molecule has 9 heteroatoms. The number of nitrogens with zero attached hydrogens (tertiary/aromatic N) is 3. The molecule has 0 saturated carbocycles. The van der Waals surface area contributed by atoms with Crippen molar-refractivity contribution in [3.63, 3.8) is 0 Å². The Morgan fingerprint density at radius 3 is 2.23 bits per heavy atom. The lowest BCUT2D eigenvalue weighted by atomic mass is 10.0. The minimum atomic E-state index is -3.74. The van der Waals surface area contributed by atoms with Gasteiger partial charge in [0.25, 0.3) is 5.91 Å². The Morgan fingerprint density at radius 1 is 1.00 bits per heavy atom. The van der Waals surface area contributed by atoms with E-state index >= 15 is 0 Å². The first kappa shape index (κ1) is 22.2. The molecule has 2 fully saturated rings. The topological polar surface area (TPSA) is 60.9 Å². The number of anilines is 1. The summed E-state index contributed by atoms with van der Waals surface area (Å²) >= 11 is 1.19. The number of hydrogen-bond acceptors (Lipinski definition) is 5. The summed E-state index contributed by atoms with van der Waals surface area (Å²) in [5.41, 5.74) is 0.918. The van der Waals surface area contributed by atoms with Crippen LogP contribution < -0.4 is 4.90 Å². The maximum Gasteiger partial charge on any atom is 0.265 e. The standard InChI is InChI=1S/C22H28FN3O3S2/c1-16-4-3-5-17(2)26(16)31(28,29)20-10-15-30-21(20)22(27)25-13-11-24(12-14-25)19-8-6-18(23)7-9-19/h6-10,15-17H,3-5,11-14H2,1-2H3/t16-,17-/m1/s1. The van der Waals surface area contributed by atoms with E-state index in [1.165, 1.54) is 23.5 Å². The fraction of sp³-hybridized carbons (Fsp3) is 0.500.